The van der Waals surface area contributed by atoms with Crippen LogP contribution in [0.1, 0.15) is 39.0 Å². The van der Waals surface area contributed by atoms with Crippen molar-refractivity contribution in [3.05, 3.63) is 69.3 Å². The van der Waals surface area contributed by atoms with Crippen molar-refractivity contribution in [1.82, 2.24) is 0 Å². The lowest BCUT2D eigenvalue weighted by atomic mass is 9.44. The molecule has 4 atom stereocenters. The smallest absolute Gasteiger partial charge is 0.339 e. The molecule has 0 bridgehead atoms. The first-order valence-electron chi connectivity index (χ1n) is 9.19. The second kappa shape index (κ2) is 6.79. The van der Waals surface area contributed by atoms with Gasteiger partial charge in [-0.25, -0.2) is 4.79 Å². The first kappa shape index (κ1) is 18.5. The molecule has 1 heterocycles. The van der Waals surface area contributed by atoms with E-state index >= 15 is 0 Å². The normalized spacial score (nSPS) is 30.8. The van der Waals surface area contributed by atoms with E-state index in [2.05, 4.69) is 52.0 Å². The fraction of sp³-hybridized carbons (Fsp3) is 0.435. The Morgan fingerprint density at radius 1 is 1.23 bits per heavy atom. The summed E-state index contributed by atoms with van der Waals surface area (Å²) >= 11 is 0. The van der Waals surface area contributed by atoms with E-state index in [1.54, 1.807) is 7.11 Å². The van der Waals surface area contributed by atoms with Crippen molar-refractivity contribution in [2.75, 3.05) is 7.11 Å². The van der Waals surface area contributed by atoms with Gasteiger partial charge in [-0.15, -0.1) is 0 Å². The Labute approximate surface area is 155 Å². The molecule has 3 heteroatoms. The molecule has 1 fully saturated rings. The van der Waals surface area contributed by atoms with Gasteiger partial charge in [-0.2, -0.15) is 0 Å². The van der Waals surface area contributed by atoms with Crippen molar-refractivity contribution in [2.24, 2.45) is 23.2 Å². The highest BCUT2D eigenvalue weighted by molar-refractivity contribution is 5.52. The highest BCUT2D eigenvalue weighted by Gasteiger charge is 2.55. The molecule has 0 amide bonds. The first-order chi connectivity index (χ1) is 12.3. The number of ether oxygens (including phenoxy) is 1. The Balaban J connectivity index is 1.77. The average molecular weight is 352 g/mol. The summed E-state index contributed by atoms with van der Waals surface area (Å²) in [4.78, 5) is 11.6. The summed E-state index contributed by atoms with van der Waals surface area (Å²) in [5.41, 5.74) is 3.54. The van der Waals surface area contributed by atoms with Crippen molar-refractivity contribution >= 4 is 6.08 Å². The monoisotopic (exact) mass is 352 g/mol. The van der Waals surface area contributed by atoms with Crippen LogP contribution in [0.25, 0.3) is 6.08 Å². The molecule has 1 saturated carbocycles. The highest BCUT2D eigenvalue weighted by atomic mass is 16.5. The molecule has 1 aromatic rings. The zero-order valence-corrected chi connectivity index (χ0v) is 16.5. The van der Waals surface area contributed by atoms with Crippen LogP contribution in [0.4, 0.5) is 0 Å². The minimum atomic E-state index is -0.399. The highest BCUT2D eigenvalue weighted by Crippen LogP contribution is 2.61. The van der Waals surface area contributed by atoms with Gasteiger partial charge in [0.2, 0.25) is 0 Å². The van der Waals surface area contributed by atoms with Gasteiger partial charge in [0, 0.05) is 5.56 Å². The van der Waals surface area contributed by atoms with Gasteiger partial charge < -0.3 is 9.15 Å². The van der Waals surface area contributed by atoms with Crippen LogP contribution >= 0.6 is 0 Å². The number of allylic oxidation sites excluding steroid dienone is 7. The van der Waals surface area contributed by atoms with Gasteiger partial charge in [-0.1, -0.05) is 55.4 Å². The summed E-state index contributed by atoms with van der Waals surface area (Å²) in [5, 5.41) is 0. The molecule has 2 aliphatic carbocycles. The van der Waals surface area contributed by atoms with Crippen LogP contribution in [0.5, 0.6) is 5.75 Å². The minimum absolute atomic E-state index is 0.262. The van der Waals surface area contributed by atoms with Gasteiger partial charge in [0.15, 0.2) is 0 Å². The molecule has 0 aliphatic heterocycles. The summed E-state index contributed by atoms with van der Waals surface area (Å²) in [5.74, 6) is 2.80. The third-order valence-corrected chi connectivity index (χ3v) is 6.21. The number of hydrogen-bond acceptors (Lipinski definition) is 3. The third kappa shape index (κ3) is 3.00. The molecular weight excluding hydrogens is 324 g/mol. The molecule has 2 aliphatic rings. The molecule has 1 aromatic heterocycles. The molecule has 0 spiro atoms. The number of hydrogen-bond donors (Lipinski definition) is 0. The summed E-state index contributed by atoms with van der Waals surface area (Å²) in [6, 6.07) is 1.37. The summed E-state index contributed by atoms with van der Waals surface area (Å²) in [6.45, 7) is 11.0. The second-order valence-corrected chi connectivity index (χ2v) is 7.85. The third-order valence-electron chi connectivity index (χ3n) is 6.21. The second-order valence-electron chi connectivity index (χ2n) is 7.85. The molecule has 3 nitrogen and oxygen atoms in total. The van der Waals surface area contributed by atoms with Crippen molar-refractivity contribution < 1.29 is 9.15 Å². The van der Waals surface area contributed by atoms with Crippen molar-refractivity contribution in [1.29, 1.82) is 0 Å². The van der Waals surface area contributed by atoms with Crippen LogP contribution in [0.2, 0.25) is 0 Å². The maximum absolute atomic E-state index is 11.6. The predicted molar refractivity (Wildman–Crippen MR) is 106 cm³/mol. The van der Waals surface area contributed by atoms with Crippen LogP contribution in [-0.4, -0.2) is 7.11 Å². The maximum Gasteiger partial charge on any atom is 0.339 e. The lowest BCUT2D eigenvalue weighted by Crippen LogP contribution is -2.53. The number of methoxy groups -OCH3 is 1. The van der Waals surface area contributed by atoms with Crippen LogP contribution < -0.4 is 10.4 Å². The molecule has 0 aromatic carbocycles. The van der Waals surface area contributed by atoms with Crippen LogP contribution in [0, 0.1) is 30.1 Å². The fourth-order valence-electron chi connectivity index (χ4n) is 4.81. The molecule has 26 heavy (non-hydrogen) atoms. The minimum Gasteiger partial charge on any atom is -0.496 e. The topological polar surface area (TPSA) is 39.4 Å². The van der Waals surface area contributed by atoms with E-state index in [-0.39, 0.29) is 5.41 Å². The van der Waals surface area contributed by atoms with Crippen molar-refractivity contribution in [3.8, 4) is 5.75 Å². The van der Waals surface area contributed by atoms with E-state index in [1.807, 2.05) is 19.1 Å². The molecule has 0 radical (unpaired) electrons. The number of fused-ring (bicyclic) bond motifs is 1. The van der Waals surface area contributed by atoms with Gasteiger partial charge in [0.1, 0.15) is 11.5 Å². The first-order valence-corrected chi connectivity index (χ1v) is 9.19. The molecule has 0 N–H and O–H groups in total. The van der Waals surface area contributed by atoms with E-state index < -0.39 is 5.63 Å². The molecule has 0 saturated heterocycles. The molecule has 0 unspecified atom stereocenters. The Kier molecular flexibility index (Phi) is 4.83. The molecular formula is C23H28O3. The van der Waals surface area contributed by atoms with E-state index in [9.17, 15) is 4.79 Å². The molecule has 138 valence electrons. The summed E-state index contributed by atoms with van der Waals surface area (Å²) in [6.07, 6.45) is 12.9. The van der Waals surface area contributed by atoms with Gasteiger partial charge in [0.25, 0.3) is 0 Å². The van der Waals surface area contributed by atoms with Crippen molar-refractivity contribution in [2.45, 2.75) is 34.6 Å². The zero-order chi connectivity index (χ0) is 19.1. The SMILES string of the molecule is COc1cc(=O)oc(/C=C/C=C/[C@@H]2[C@@H](C)[C@@]3(C)C=C(C)C=C(C)[C@H]23)c1C. The Hall–Kier alpha value is -2.29. The lowest BCUT2D eigenvalue weighted by molar-refractivity contribution is -0.0116. The fourth-order valence-corrected chi connectivity index (χ4v) is 4.81. The largest absolute Gasteiger partial charge is 0.496 e. The van der Waals surface area contributed by atoms with Crippen LogP contribution in [0.15, 0.2) is 56.8 Å². The average Bonchev–Trinajstić information content (AvgIpc) is 2.58. The van der Waals surface area contributed by atoms with Gasteiger partial charge in [0.05, 0.1) is 13.2 Å². The standard InChI is InChI=1S/C23H28O3/c1-14-11-15(2)22-18(17(4)23(22,5)13-14)9-7-8-10-19-16(3)20(25-6)12-21(24)26-19/h7-13,17-18,22H,1-6H3/b9-7+,10-8+/t17-,18-,22-,23-/m1/s1. The quantitative estimate of drug-likeness (QED) is 0.688. The summed E-state index contributed by atoms with van der Waals surface area (Å²) < 4.78 is 10.5. The van der Waals surface area contributed by atoms with E-state index in [0.717, 1.165) is 5.56 Å². The number of rotatable bonds is 4. The lowest BCUT2D eigenvalue weighted by Gasteiger charge is -2.59. The van der Waals surface area contributed by atoms with E-state index in [4.69, 9.17) is 9.15 Å². The maximum atomic E-state index is 11.6. The van der Waals surface area contributed by atoms with Gasteiger partial charge in [-0.3, -0.25) is 0 Å². The van der Waals surface area contributed by atoms with Crippen LogP contribution in [0.3, 0.4) is 0 Å². The molecule has 3 rings (SSSR count). The Bertz CT molecular complexity index is 881. The predicted octanol–water partition coefficient (Wildman–Crippen LogP) is 5.32. The summed E-state index contributed by atoms with van der Waals surface area (Å²) in [7, 11) is 1.56. The van der Waals surface area contributed by atoms with E-state index in [1.165, 1.54) is 17.2 Å². The Morgan fingerprint density at radius 2 is 1.96 bits per heavy atom. The van der Waals surface area contributed by atoms with Gasteiger partial charge >= 0.3 is 5.63 Å². The van der Waals surface area contributed by atoms with Gasteiger partial charge in [-0.05, 0) is 50.0 Å². The van der Waals surface area contributed by atoms with Crippen LogP contribution in [-0.2, 0) is 0 Å². The zero-order valence-electron chi connectivity index (χ0n) is 16.5. The van der Waals surface area contributed by atoms with E-state index in [0.29, 0.717) is 29.3 Å². The Morgan fingerprint density at radius 3 is 2.65 bits per heavy atom. The van der Waals surface area contributed by atoms with Crippen molar-refractivity contribution in [3.63, 3.8) is 0 Å².